The molecule has 1 saturated carbocycles. The van der Waals surface area contributed by atoms with Crippen molar-refractivity contribution >= 4 is 23.7 Å². The Morgan fingerprint density at radius 2 is 2.23 bits per heavy atom. The molecule has 0 amide bonds. The lowest BCUT2D eigenvalue weighted by Crippen LogP contribution is -2.35. The number of nitrogens with one attached hydrogen (secondary N) is 1. The minimum Gasteiger partial charge on any atom is -0.384 e. The summed E-state index contributed by atoms with van der Waals surface area (Å²) < 4.78 is 10.6. The molecule has 2 aromatic rings. The summed E-state index contributed by atoms with van der Waals surface area (Å²) >= 11 is 1.71. The fourth-order valence-electron chi connectivity index (χ4n) is 3.91. The predicted molar refractivity (Wildman–Crippen MR) is 101 cm³/mol. The molecule has 26 heavy (non-hydrogen) atoms. The van der Waals surface area contributed by atoms with Crippen LogP contribution in [0.4, 0.5) is 0 Å². The van der Waals surface area contributed by atoms with Gasteiger partial charge in [0, 0.05) is 31.1 Å². The van der Waals surface area contributed by atoms with E-state index in [1.165, 1.54) is 19.3 Å². The zero-order valence-electron chi connectivity index (χ0n) is 15.0. The molecular formula is C17H26ClN5O2S. The Labute approximate surface area is 163 Å². The zero-order chi connectivity index (χ0) is 17.1. The molecule has 1 saturated heterocycles. The highest BCUT2D eigenvalue weighted by atomic mass is 35.5. The van der Waals surface area contributed by atoms with Gasteiger partial charge < -0.3 is 14.6 Å². The standard InChI is InChI=1S/C17H25N5O2S.ClH/c1-23-8-2-14-20-15(24-21-14)11-22(12-16-19-7-9-25-16)13-10-17(13)3-5-18-6-4-17;/h7,9,13,18H,2-6,8,10-12H2,1H3;1H. The van der Waals surface area contributed by atoms with Gasteiger partial charge in [-0.05, 0) is 37.8 Å². The summed E-state index contributed by atoms with van der Waals surface area (Å²) in [6.07, 6.45) is 6.35. The first-order valence-corrected chi connectivity index (χ1v) is 9.81. The average molecular weight is 400 g/mol. The van der Waals surface area contributed by atoms with E-state index in [1.54, 1.807) is 18.4 Å². The Morgan fingerprint density at radius 1 is 1.38 bits per heavy atom. The van der Waals surface area contributed by atoms with Gasteiger partial charge in [-0.3, -0.25) is 4.90 Å². The highest BCUT2D eigenvalue weighted by molar-refractivity contribution is 7.09. The van der Waals surface area contributed by atoms with E-state index in [0.717, 1.165) is 30.5 Å². The van der Waals surface area contributed by atoms with Crippen LogP contribution in [0.25, 0.3) is 0 Å². The fourth-order valence-corrected chi connectivity index (χ4v) is 4.55. The molecule has 1 unspecified atom stereocenters. The van der Waals surface area contributed by atoms with Crippen LogP contribution in [0, 0.1) is 5.41 Å². The van der Waals surface area contributed by atoms with Crippen molar-refractivity contribution in [3.63, 3.8) is 0 Å². The number of halogens is 1. The minimum absolute atomic E-state index is 0. The molecule has 2 fully saturated rings. The Balaban J connectivity index is 0.00000196. The number of ether oxygens (including phenoxy) is 1. The van der Waals surface area contributed by atoms with Crippen LogP contribution in [0.2, 0.25) is 0 Å². The summed E-state index contributed by atoms with van der Waals surface area (Å²) in [5.41, 5.74) is 0.474. The summed E-state index contributed by atoms with van der Waals surface area (Å²) in [6, 6.07) is 0.591. The molecule has 0 aromatic carbocycles. The minimum atomic E-state index is 0. The summed E-state index contributed by atoms with van der Waals surface area (Å²) in [6.45, 7) is 4.42. The van der Waals surface area contributed by atoms with E-state index >= 15 is 0 Å². The van der Waals surface area contributed by atoms with Crippen molar-refractivity contribution < 1.29 is 9.26 Å². The molecule has 9 heteroatoms. The monoisotopic (exact) mass is 399 g/mol. The second kappa shape index (κ2) is 8.75. The summed E-state index contributed by atoms with van der Waals surface area (Å²) in [5, 5.41) is 10.7. The van der Waals surface area contributed by atoms with Crippen LogP contribution in [-0.2, 0) is 24.2 Å². The average Bonchev–Trinajstić information content (AvgIpc) is 3.00. The molecule has 1 aliphatic heterocycles. The molecule has 1 N–H and O–H groups in total. The van der Waals surface area contributed by atoms with E-state index in [2.05, 4.69) is 25.3 Å². The number of aromatic nitrogens is 3. The lowest BCUT2D eigenvalue weighted by Gasteiger charge is -2.28. The fraction of sp³-hybridized carbons (Fsp3) is 0.706. The van der Waals surface area contributed by atoms with Gasteiger partial charge in [0.1, 0.15) is 5.01 Å². The Kier molecular flexibility index (Phi) is 6.63. The molecule has 2 aliphatic rings. The number of nitrogens with zero attached hydrogens (tertiary/aromatic N) is 4. The molecule has 1 atom stereocenters. The van der Waals surface area contributed by atoms with Gasteiger partial charge >= 0.3 is 0 Å². The molecule has 1 spiro atoms. The number of hydrogen-bond acceptors (Lipinski definition) is 8. The lowest BCUT2D eigenvalue weighted by atomic mass is 9.93. The third-order valence-electron chi connectivity index (χ3n) is 5.39. The van der Waals surface area contributed by atoms with E-state index in [1.807, 2.05) is 11.6 Å². The smallest absolute Gasteiger partial charge is 0.240 e. The Hall–Kier alpha value is -1.06. The molecule has 2 aromatic heterocycles. The van der Waals surface area contributed by atoms with Crippen molar-refractivity contribution in [3.8, 4) is 0 Å². The molecule has 0 radical (unpaired) electrons. The Bertz CT molecular complexity index is 675. The van der Waals surface area contributed by atoms with Crippen molar-refractivity contribution in [1.82, 2.24) is 25.3 Å². The highest BCUT2D eigenvalue weighted by Crippen LogP contribution is 2.56. The van der Waals surface area contributed by atoms with Gasteiger partial charge in [-0.15, -0.1) is 23.7 Å². The van der Waals surface area contributed by atoms with Gasteiger partial charge in [0.2, 0.25) is 5.89 Å². The van der Waals surface area contributed by atoms with Gasteiger partial charge in [-0.25, -0.2) is 4.98 Å². The number of piperidine rings is 1. The molecule has 144 valence electrons. The van der Waals surface area contributed by atoms with Gasteiger partial charge in [0.25, 0.3) is 0 Å². The number of hydrogen-bond donors (Lipinski definition) is 1. The van der Waals surface area contributed by atoms with Crippen molar-refractivity contribution in [3.05, 3.63) is 28.3 Å². The van der Waals surface area contributed by atoms with E-state index in [9.17, 15) is 0 Å². The maximum atomic E-state index is 5.48. The molecule has 7 nitrogen and oxygen atoms in total. The molecule has 0 bridgehead atoms. The van der Waals surface area contributed by atoms with E-state index in [0.29, 0.717) is 36.9 Å². The van der Waals surface area contributed by atoms with Crippen LogP contribution >= 0.6 is 23.7 Å². The molecular weight excluding hydrogens is 374 g/mol. The van der Waals surface area contributed by atoms with Crippen LogP contribution in [0.3, 0.4) is 0 Å². The van der Waals surface area contributed by atoms with Crippen molar-refractivity contribution in [1.29, 1.82) is 0 Å². The van der Waals surface area contributed by atoms with Gasteiger partial charge in [0.05, 0.1) is 19.7 Å². The number of thiazole rings is 1. The highest BCUT2D eigenvalue weighted by Gasteiger charge is 2.56. The van der Waals surface area contributed by atoms with Gasteiger partial charge in [-0.2, -0.15) is 4.98 Å². The second-order valence-electron chi connectivity index (χ2n) is 7.01. The zero-order valence-corrected chi connectivity index (χ0v) is 16.7. The summed E-state index contributed by atoms with van der Waals surface area (Å²) in [5.74, 6) is 1.41. The van der Waals surface area contributed by atoms with Crippen LogP contribution in [0.15, 0.2) is 16.1 Å². The van der Waals surface area contributed by atoms with Crippen LogP contribution < -0.4 is 5.32 Å². The topological polar surface area (TPSA) is 76.3 Å². The first-order chi connectivity index (χ1) is 12.3. The maximum absolute atomic E-state index is 5.48. The molecule has 1 aliphatic carbocycles. The largest absolute Gasteiger partial charge is 0.384 e. The quantitative estimate of drug-likeness (QED) is 0.729. The molecule has 4 rings (SSSR count). The first kappa shape index (κ1) is 19.7. The second-order valence-corrected chi connectivity index (χ2v) is 7.99. The summed E-state index contributed by atoms with van der Waals surface area (Å²) in [4.78, 5) is 11.5. The van der Waals surface area contributed by atoms with E-state index < -0.39 is 0 Å². The normalized spacial score (nSPS) is 21.1. The molecule has 3 heterocycles. The van der Waals surface area contributed by atoms with Crippen molar-refractivity contribution in [2.75, 3.05) is 26.8 Å². The van der Waals surface area contributed by atoms with E-state index in [4.69, 9.17) is 9.26 Å². The SMILES string of the molecule is COCCc1noc(CN(Cc2nccs2)C2CC23CCNCC3)n1.Cl. The maximum Gasteiger partial charge on any atom is 0.240 e. The summed E-state index contributed by atoms with van der Waals surface area (Å²) in [7, 11) is 1.68. The van der Waals surface area contributed by atoms with E-state index in [-0.39, 0.29) is 12.4 Å². The third-order valence-corrected chi connectivity index (χ3v) is 6.15. The van der Waals surface area contributed by atoms with Crippen LogP contribution in [-0.4, -0.2) is 52.9 Å². The predicted octanol–water partition coefficient (Wildman–Crippen LogP) is 2.28. The van der Waals surface area contributed by atoms with Gasteiger partial charge in [-0.1, -0.05) is 5.16 Å². The lowest BCUT2D eigenvalue weighted by molar-refractivity contribution is 0.167. The number of methoxy groups -OCH3 is 1. The van der Waals surface area contributed by atoms with Crippen molar-refractivity contribution in [2.45, 2.75) is 44.8 Å². The third kappa shape index (κ3) is 4.43. The Morgan fingerprint density at radius 3 is 2.96 bits per heavy atom. The van der Waals surface area contributed by atoms with Crippen LogP contribution in [0.1, 0.15) is 36.0 Å². The van der Waals surface area contributed by atoms with Crippen molar-refractivity contribution in [2.24, 2.45) is 5.41 Å². The first-order valence-electron chi connectivity index (χ1n) is 8.93. The number of rotatable bonds is 8. The van der Waals surface area contributed by atoms with Crippen LogP contribution in [0.5, 0.6) is 0 Å². The van der Waals surface area contributed by atoms with Gasteiger partial charge in [0.15, 0.2) is 5.82 Å².